The molecule has 3 N–H and O–H groups in total. The van der Waals surface area contributed by atoms with Gasteiger partial charge in [-0.25, -0.2) is 13.1 Å². The first-order chi connectivity index (χ1) is 13.9. The molecule has 0 aromatic heterocycles. The largest absolute Gasteiger partial charge is 0.393 e. The number of aliphatic hydroxyl groups is 1. The van der Waals surface area contributed by atoms with Crippen LogP contribution in [0.25, 0.3) is 0 Å². The number of anilines is 1. The number of rotatable bonds is 9. The van der Waals surface area contributed by atoms with Gasteiger partial charge in [0.2, 0.25) is 10.0 Å². The number of benzene rings is 1. The molecule has 0 radical (unpaired) electrons. The molecule has 2 atom stereocenters. The van der Waals surface area contributed by atoms with Crippen molar-refractivity contribution >= 4 is 31.6 Å². The number of nitrogens with one attached hydrogen (secondary N) is 2. The van der Waals surface area contributed by atoms with Crippen LogP contribution in [-0.4, -0.2) is 57.3 Å². The lowest BCUT2D eigenvalue weighted by atomic mass is 9.80. The van der Waals surface area contributed by atoms with Crippen LogP contribution in [0.5, 0.6) is 0 Å². The van der Waals surface area contributed by atoms with Gasteiger partial charge in [0.1, 0.15) is 11.0 Å². The fourth-order valence-corrected chi connectivity index (χ4v) is 6.23. The number of nitriles is 1. The van der Waals surface area contributed by atoms with Crippen molar-refractivity contribution in [1.29, 1.82) is 5.26 Å². The third kappa shape index (κ3) is 4.94. The fourth-order valence-electron chi connectivity index (χ4n) is 4.44. The summed E-state index contributed by atoms with van der Waals surface area (Å²) in [6.45, 7) is 3.85. The maximum atomic E-state index is 13.0. The number of hydrogen-bond acceptors (Lipinski definition) is 6. The van der Waals surface area contributed by atoms with E-state index in [0.29, 0.717) is 34.7 Å². The highest BCUT2D eigenvalue weighted by molar-refractivity contribution is 9.10. The van der Waals surface area contributed by atoms with Crippen LogP contribution in [0.1, 0.15) is 31.2 Å². The lowest BCUT2D eigenvalue weighted by Gasteiger charge is -2.31. The first kappa shape index (κ1) is 21.1. The van der Waals surface area contributed by atoms with E-state index in [0.717, 1.165) is 50.7 Å². The monoisotopic (exact) mass is 482 g/mol. The second kappa shape index (κ2) is 8.52. The fraction of sp³-hybridized carbons (Fsp3) is 0.650. The van der Waals surface area contributed by atoms with E-state index in [9.17, 15) is 18.8 Å². The molecular weight excluding hydrogens is 456 g/mol. The maximum Gasteiger partial charge on any atom is 0.242 e. The van der Waals surface area contributed by atoms with Crippen molar-refractivity contribution in [2.75, 3.05) is 38.0 Å². The van der Waals surface area contributed by atoms with Gasteiger partial charge in [0, 0.05) is 37.2 Å². The molecule has 0 amide bonds. The average molecular weight is 483 g/mol. The molecule has 4 rings (SSSR count). The van der Waals surface area contributed by atoms with Gasteiger partial charge in [0.25, 0.3) is 0 Å². The third-order valence-corrected chi connectivity index (χ3v) is 8.49. The van der Waals surface area contributed by atoms with E-state index in [1.54, 1.807) is 6.07 Å². The maximum absolute atomic E-state index is 13.0. The lowest BCUT2D eigenvalue weighted by molar-refractivity contribution is 0.0408. The van der Waals surface area contributed by atoms with Gasteiger partial charge in [0.05, 0.1) is 17.4 Å². The molecule has 2 aliphatic carbocycles. The Bertz CT molecular complexity index is 901. The molecule has 3 fully saturated rings. The Morgan fingerprint density at radius 1 is 1.21 bits per heavy atom. The Morgan fingerprint density at radius 3 is 2.59 bits per heavy atom. The molecule has 7 nitrogen and oxygen atoms in total. The number of likely N-dealkylation sites (tertiary alicyclic amines) is 1. The average Bonchev–Trinajstić information content (AvgIpc) is 3.26. The summed E-state index contributed by atoms with van der Waals surface area (Å²) in [6.07, 6.45) is 3.60. The van der Waals surface area contributed by atoms with Gasteiger partial charge in [0.15, 0.2) is 0 Å². The third-order valence-electron chi connectivity index (χ3n) is 6.33. The molecule has 2 unspecified atom stereocenters. The zero-order chi connectivity index (χ0) is 20.6. The van der Waals surface area contributed by atoms with E-state index in [2.05, 4.69) is 36.9 Å². The molecule has 1 saturated heterocycles. The van der Waals surface area contributed by atoms with Crippen molar-refractivity contribution in [1.82, 2.24) is 9.62 Å². The van der Waals surface area contributed by atoms with Gasteiger partial charge in [-0.15, -0.1) is 0 Å². The lowest BCUT2D eigenvalue weighted by Crippen LogP contribution is -2.35. The van der Waals surface area contributed by atoms with E-state index >= 15 is 0 Å². The molecule has 1 heterocycles. The predicted molar refractivity (Wildman–Crippen MR) is 114 cm³/mol. The number of piperidine rings is 1. The highest BCUT2D eigenvalue weighted by Crippen LogP contribution is 2.44. The van der Waals surface area contributed by atoms with E-state index in [1.165, 1.54) is 12.5 Å². The smallest absolute Gasteiger partial charge is 0.242 e. The van der Waals surface area contributed by atoms with Gasteiger partial charge in [-0.2, -0.15) is 5.26 Å². The van der Waals surface area contributed by atoms with Crippen molar-refractivity contribution < 1.29 is 13.5 Å². The minimum Gasteiger partial charge on any atom is -0.393 e. The summed E-state index contributed by atoms with van der Waals surface area (Å²) in [4.78, 5) is 2.48. The van der Waals surface area contributed by atoms with E-state index in [-0.39, 0.29) is 11.0 Å². The first-order valence-corrected chi connectivity index (χ1v) is 12.5. The quantitative estimate of drug-likeness (QED) is 0.497. The molecule has 2 saturated carbocycles. The highest BCUT2D eigenvalue weighted by Gasteiger charge is 2.44. The van der Waals surface area contributed by atoms with Crippen molar-refractivity contribution in [2.45, 2.75) is 36.7 Å². The molecule has 1 aliphatic heterocycles. The molecule has 1 aromatic rings. The summed E-state index contributed by atoms with van der Waals surface area (Å²) in [5.41, 5.74) is 0.835. The van der Waals surface area contributed by atoms with Crippen molar-refractivity contribution in [3.05, 3.63) is 22.2 Å². The van der Waals surface area contributed by atoms with Crippen LogP contribution < -0.4 is 10.0 Å². The second-order valence-corrected chi connectivity index (χ2v) is 11.1. The van der Waals surface area contributed by atoms with E-state index < -0.39 is 10.0 Å². The summed E-state index contributed by atoms with van der Waals surface area (Å²) in [6, 6.07) is 5.18. The molecular formula is C20H27BrN4O3S. The van der Waals surface area contributed by atoms with Crippen LogP contribution in [0.4, 0.5) is 5.69 Å². The van der Waals surface area contributed by atoms with Crippen molar-refractivity contribution in [3.8, 4) is 6.07 Å². The zero-order valence-electron chi connectivity index (χ0n) is 16.3. The number of halogens is 1. The Hall–Kier alpha value is -1.18. The van der Waals surface area contributed by atoms with Crippen molar-refractivity contribution in [2.24, 2.45) is 17.8 Å². The van der Waals surface area contributed by atoms with E-state index in [4.69, 9.17) is 0 Å². The second-order valence-electron chi connectivity index (χ2n) is 8.56. The van der Waals surface area contributed by atoms with Crippen LogP contribution in [0.3, 0.4) is 0 Å². The van der Waals surface area contributed by atoms with Crippen molar-refractivity contribution in [3.63, 3.8) is 0 Å². The number of nitrogens with zero attached hydrogens (tertiary/aromatic N) is 2. The van der Waals surface area contributed by atoms with Gasteiger partial charge in [-0.1, -0.05) is 0 Å². The summed E-state index contributed by atoms with van der Waals surface area (Å²) in [7, 11) is -3.70. The van der Waals surface area contributed by atoms with Gasteiger partial charge in [-0.05, 0) is 71.5 Å². The summed E-state index contributed by atoms with van der Waals surface area (Å²) >= 11 is 3.31. The Kier molecular flexibility index (Phi) is 6.19. The molecule has 0 bridgehead atoms. The minimum atomic E-state index is -3.70. The van der Waals surface area contributed by atoms with Crippen LogP contribution in [0.2, 0.25) is 0 Å². The summed E-state index contributed by atoms with van der Waals surface area (Å²) < 4.78 is 29.1. The topological polar surface area (TPSA) is 105 Å². The molecule has 158 valence electrons. The Morgan fingerprint density at radius 2 is 1.93 bits per heavy atom. The van der Waals surface area contributed by atoms with Crippen LogP contribution in [0, 0.1) is 29.1 Å². The van der Waals surface area contributed by atoms with Gasteiger partial charge >= 0.3 is 0 Å². The SMILES string of the molecule is N#Cc1cc(NCCC2CC(O)C2)c(S(=O)(=O)NCCN2CC3CC3C2)cc1Br. The Balaban J connectivity index is 1.40. The number of fused-ring (bicyclic) bond motifs is 1. The molecule has 0 spiro atoms. The van der Waals surface area contributed by atoms with Gasteiger partial charge < -0.3 is 15.3 Å². The Labute approximate surface area is 180 Å². The molecule has 29 heavy (non-hydrogen) atoms. The van der Waals surface area contributed by atoms with Crippen LogP contribution >= 0.6 is 15.9 Å². The molecule has 1 aromatic carbocycles. The number of sulfonamides is 1. The van der Waals surface area contributed by atoms with Crippen LogP contribution in [-0.2, 0) is 10.0 Å². The highest BCUT2D eigenvalue weighted by atomic mass is 79.9. The van der Waals surface area contributed by atoms with Gasteiger partial charge in [-0.3, -0.25) is 0 Å². The zero-order valence-corrected chi connectivity index (χ0v) is 18.7. The normalized spacial score (nSPS) is 28.4. The standard InChI is InChI=1S/C20H27BrN4O3S/c21-18-9-20(29(27,28)24-3-4-25-11-15-7-16(15)12-25)19(8-14(18)10-22)23-2-1-13-5-17(26)6-13/h8-9,13,15-17,23-24,26H,1-7,11-12H2. The summed E-state index contributed by atoms with van der Waals surface area (Å²) in [5, 5.41) is 21.9. The molecule has 3 aliphatic rings. The first-order valence-electron chi connectivity index (χ1n) is 10.2. The number of hydrogen-bond donors (Lipinski definition) is 3. The van der Waals surface area contributed by atoms with E-state index in [1.807, 2.05) is 0 Å². The number of aliphatic hydroxyl groups excluding tert-OH is 1. The predicted octanol–water partition coefficient (Wildman–Crippen LogP) is 2.12. The minimum absolute atomic E-state index is 0.154. The molecule has 9 heteroatoms. The summed E-state index contributed by atoms with van der Waals surface area (Å²) in [5.74, 6) is 2.12. The van der Waals surface area contributed by atoms with Crippen LogP contribution in [0.15, 0.2) is 21.5 Å².